The van der Waals surface area contributed by atoms with E-state index >= 15 is 0 Å². The molecule has 1 amide bonds. The van der Waals surface area contributed by atoms with Crippen molar-refractivity contribution in [3.05, 3.63) is 39.8 Å². The van der Waals surface area contributed by atoms with Gasteiger partial charge in [0.25, 0.3) is 5.56 Å². The number of nitrogens with zero attached hydrogens (tertiary/aromatic N) is 2. The van der Waals surface area contributed by atoms with E-state index in [-0.39, 0.29) is 5.92 Å². The molecule has 0 atom stereocenters. The molecular weight excluding hydrogens is 375 g/mol. The highest BCUT2D eigenvalue weighted by atomic mass is 19.4. The summed E-state index contributed by atoms with van der Waals surface area (Å²) in [5, 5.41) is 17.4. The monoisotopic (exact) mass is 397 g/mol. The number of aromatic nitrogens is 2. The minimum atomic E-state index is -4.73. The lowest BCUT2D eigenvalue weighted by Crippen LogP contribution is -2.62. The Kier molecular flexibility index (Phi) is 4.99. The zero-order chi connectivity index (χ0) is 20.9. The molecule has 152 valence electrons. The minimum Gasteiger partial charge on any atom is -0.380 e. The maximum Gasteiger partial charge on any atom is 0.417 e. The Morgan fingerprint density at radius 3 is 2.57 bits per heavy atom. The van der Waals surface area contributed by atoms with Crippen molar-refractivity contribution in [3.8, 4) is 0 Å². The molecule has 0 radical (unpaired) electrons. The first-order valence-electron chi connectivity index (χ1n) is 9.01. The van der Waals surface area contributed by atoms with Crippen LogP contribution in [0.2, 0.25) is 0 Å². The fourth-order valence-corrected chi connectivity index (χ4v) is 3.46. The van der Waals surface area contributed by atoms with Crippen molar-refractivity contribution in [1.82, 2.24) is 15.1 Å². The molecule has 1 aliphatic rings. The van der Waals surface area contributed by atoms with Crippen molar-refractivity contribution >= 4 is 16.7 Å². The first-order chi connectivity index (χ1) is 12.9. The molecule has 1 aromatic heterocycles. The lowest BCUT2D eigenvalue weighted by molar-refractivity contribution is -0.291. The van der Waals surface area contributed by atoms with Gasteiger partial charge in [0.05, 0.1) is 11.1 Å². The van der Waals surface area contributed by atoms with E-state index in [0.717, 1.165) is 15.6 Å². The van der Waals surface area contributed by atoms with Gasteiger partial charge in [0.2, 0.25) is 5.91 Å². The van der Waals surface area contributed by atoms with Crippen LogP contribution >= 0.6 is 0 Å². The Bertz CT molecular complexity index is 976. The SMILES string of the molecule is Cc1ccc2c(=O)n(CC(=O)N[C@H]3C[C@](O)(C(F)(F)F)C3)nc(C(C)C)c2c1. The van der Waals surface area contributed by atoms with Gasteiger partial charge >= 0.3 is 6.18 Å². The molecule has 2 N–H and O–H groups in total. The van der Waals surface area contributed by atoms with Gasteiger partial charge in [-0.15, -0.1) is 0 Å². The summed E-state index contributed by atoms with van der Waals surface area (Å²) in [6.07, 6.45) is -5.92. The number of aryl methyl sites for hydroxylation is 1. The van der Waals surface area contributed by atoms with Gasteiger partial charge in [-0.2, -0.15) is 18.3 Å². The van der Waals surface area contributed by atoms with Crippen LogP contribution in [0.3, 0.4) is 0 Å². The molecule has 6 nitrogen and oxygen atoms in total. The molecule has 3 rings (SSSR count). The number of hydrogen-bond acceptors (Lipinski definition) is 4. The summed E-state index contributed by atoms with van der Waals surface area (Å²) >= 11 is 0. The summed E-state index contributed by atoms with van der Waals surface area (Å²) in [6, 6.07) is 4.56. The summed E-state index contributed by atoms with van der Waals surface area (Å²) in [7, 11) is 0. The van der Waals surface area contributed by atoms with Crippen molar-refractivity contribution < 1.29 is 23.1 Å². The number of halogens is 3. The van der Waals surface area contributed by atoms with Crippen LogP contribution in [0.15, 0.2) is 23.0 Å². The van der Waals surface area contributed by atoms with Crippen LogP contribution < -0.4 is 10.9 Å². The molecule has 1 heterocycles. The molecule has 1 fully saturated rings. The molecule has 1 aromatic carbocycles. The third kappa shape index (κ3) is 3.63. The molecule has 0 spiro atoms. The third-order valence-electron chi connectivity index (χ3n) is 5.05. The van der Waals surface area contributed by atoms with Crippen molar-refractivity contribution in [3.63, 3.8) is 0 Å². The summed E-state index contributed by atoms with van der Waals surface area (Å²) in [6.45, 7) is 5.35. The van der Waals surface area contributed by atoms with Crippen molar-refractivity contribution in [2.75, 3.05) is 0 Å². The predicted molar refractivity (Wildman–Crippen MR) is 97.0 cm³/mol. The molecule has 1 saturated carbocycles. The van der Waals surface area contributed by atoms with Crippen LogP contribution in [0.25, 0.3) is 10.8 Å². The van der Waals surface area contributed by atoms with Crippen molar-refractivity contribution in [1.29, 1.82) is 0 Å². The summed E-state index contributed by atoms with van der Waals surface area (Å²) in [5.74, 6) is -0.613. The summed E-state index contributed by atoms with van der Waals surface area (Å²) < 4.78 is 39.1. The van der Waals surface area contributed by atoms with Gasteiger partial charge in [-0.3, -0.25) is 9.59 Å². The largest absolute Gasteiger partial charge is 0.417 e. The van der Waals surface area contributed by atoms with E-state index in [1.54, 1.807) is 12.1 Å². The number of carbonyl (C=O) groups is 1. The molecule has 9 heteroatoms. The van der Waals surface area contributed by atoms with E-state index in [1.165, 1.54) is 0 Å². The molecular formula is C19H22F3N3O3. The van der Waals surface area contributed by atoms with Crippen molar-refractivity contribution in [2.45, 2.75) is 63.9 Å². The number of rotatable bonds is 4. The molecule has 0 unspecified atom stereocenters. The Hall–Kier alpha value is -2.42. The number of carbonyl (C=O) groups excluding carboxylic acids is 1. The van der Waals surface area contributed by atoms with Gasteiger partial charge in [-0.1, -0.05) is 25.5 Å². The van der Waals surface area contributed by atoms with E-state index in [2.05, 4.69) is 10.4 Å². The van der Waals surface area contributed by atoms with Crippen LogP contribution in [0.4, 0.5) is 13.2 Å². The van der Waals surface area contributed by atoms with Crippen molar-refractivity contribution in [2.24, 2.45) is 0 Å². The molecule has 2 aromatic rings. The number of benzene rings is 1. The molecule has 0 aliphatic heterocycles. The summed E-state index contributed by atoms with van der Waals surface area (Å²) in [5.41, 5.74) is -1.55. The van der Waals surface area contributed by atoms with Gasteiger partial charge in [-0.05, 0) is 25.0 Å². The molecule has 0 bridgehead atoms. The van der Waals surface area contributed by atoms with E-state index in [0.29, 0.717) is 11.1 Å². The fraction of sp³-hybridized carbons (Fsp3) is 0.526. The predicted octanol–water partition coefficient (Wildman–Crippen LogP) is 2.40. The van der Waals surface area contributed by atoms with Crippen LogP contribution in [0.5, 0.6) is 0 Å². The number of alkyl halides is 3. The van der Waals surface area contributed by atoms with Gasteiger partial charge in [-0.25, -0.2) is 4.68 Å². The van der Waals surface area contributed by atoms with Crippen LogP contribution in [0.1, 0.15) is 43.9 Å². The number of hydrogen-bond donors (Lipinski definition) is 2. The standard InChI is InChI=1S/C19H22F3N3O3/c1-10(2)16-14-6-11(3)4-5-13(14)17(27)25(24-16)9-15(26)23-12-7-18(28,8-12)19(20,21)22/h4-6,10,12,28H,7-9H2,1-3H3,(H,23,26)/t12-,18+. The molecule has 28 heavy (non-hydrogen) atoms. The van der Waals surface area contributed by atoms with Crippen LogP contribution in [0, 0.1) is 6.92 Å². The Morgan fingerprint density at radius 1 is 1.36 bits per heavy atom. The number of aliphatic hydroxyl groups is 1. The van der Waals surface area contributed by atoms with Crippen LogP contribution in [-0.2, 0) is 11.3 Å². The van der Waals surface area contributed by atoms with E-state index in [1.807, 2.05) is 26.8 Å². The van der Waals surface area contributed by atoms with Gasteiger partial charge in [0.1, 0.15) is 6.54 Å². The third-order valence-corrected chi connectivity index (χ3v) is 5.05. The number of nitrogens with one attached hydrogen (secondary N) is 1. The number of amides is 1. The van der Waals surface area contributed by atoms with E-state index in [4.69, 9.17) is 0 Å². The van der Waals surface area contributed by atoms with E-state index < -0.39 is 48.7 Å². The Morgan fingerprint density at radius 2 is 2.00 bits per heavy atom. The Balaban J connectivity index is 1.80. The molecule has 1 aliphatic carbocycles. The highest BCUT2D eigenvalue weighted by Gasteiger charge is 2.61. The first kappa shape index (κ1) is 20.3. The fourth-order valence-electron chi connectivity index (χ4n) is 3.46. The average Bonchev–Trinajstić information content (AvgIpc) is 2.54. The quantitative estimate of drug-likeness (QED) is 0.830. The number of fused-ring (bicyclic) bond motifs is 1. The van der Waals surface area contributed by atoms with Gasteiger partial charge in [0.15, 0.2) is 5.60 Å². The lowest BCUT2D eigenvalue weighted by Gasteiger charge is -2.44. The maximum atomic E-state index is 12.7. The van der Waals surface area contributed by atoms with Crippen LogP contribution in [-0.4, -0.2) is 38.6 Å². The first-order valence-corrected chi connectivity index (χ1v) is 9.01. The van der Waals surface area contributed by atoms with Gasteiger partial charge < -0.3 is 10.4 Å². The minimum absolute atomic E-state index is 0.00707. The second-order valence-electron chi connectivity index (χ2n) is 7.75. The zero-order valence-electron chi connectivity index (χ0n) is 15.8. The second-order valence-corrected chi connectivity index (χ2v) is 7.75. The smallest absolute Gasteiger partial charge is 0.380 e. The van der Waals surface area contributed by atoms with Gasteiger partial charge in [0, 0.05) is 24.3 Å². The lowest BCUT2D eigenvalue weighted by atomic mass is 9.75. The topological polar surface area (TPSA) is 84.2 Å². The normalized spacial score (nSPS) is 22.4. The highest BCUT2D eigenvalue weighted by Crippen LogP contribution is 2.45. The maximum absolute atomic E-state index is 12.7. The molecule has 0 saturated heterocycles. The zero-order valence-corrected chi connectivity index (χ0v) is 15.8. The average molecular weight is 397 g/mol. The highest BCUT2D eigenvalue weighted by molar-refractivity contribution is 5.85. The summed E-state index contributed by atoms with van der Waals surface area (Å²) in [4.78, 5) is 24.9. The van der Waals surface area contributed by atoms with E-state index in [9.17, 15) is 27.9 Å². The second kappa shape index (κ2) is 6.88. The Labute approximate surface area is 159 Å².